The molecular formula is C19H17BrFN3O. The highest BCUT2D eigenvalue weighted by Crippen LogP contribution is 2.28. The molecular weight excluding hydrogens is 385 g/mol. The van der Waals surface area contributed by atoms with E-state index >= 15 is 0 Å². The second kappa shape index (κ2) is 7.61. The number of benzene rings is 2. The van der Waals surface area contributed by atoms with Crippen LogP contribution in [-0.4, -0.2) is 6.10 Å². The summed E-state index contributed by atoms with van der Waals surface area (Å²) in [6.45, 7) is 3.77. The molecule has 0 fully saturated rings. The van der Waals surface area contributed by atoms with Crippen molar-refractivity contribution in [3.05, 3.63) is 76.4 Å². The zero-order valence-corrected chi connectivity index (χ0v) is 15.4. The lowest BCUT2D eigenvalue weighted by Gasteiger charge is -2.16. The Labute approximate surface area is 154 Å². The largest absolute Gasteiger partial charge is 0.492 e. The molecule has 3 rings (SSSR count). The lowest BCUT2D eigenvalue weighted by molar-refractivity contribution is 0.186. The zero-order valence-electron chi connectivity index (χ0n) is 13.8. The summed E-state index contributed by atoms with van der Waals surface area (Å²) in [6.07, 6.45) is 3.26. The van der Waals surface area contributed by atoms with Crippen LogP contribution in [0.5, 0.6) is 0 Å². The maximum Gasteiger partial charge on any atom is 0.140 e. The van der Waals surface area contributed by atoms with Crippen molar-refractivity contribution in [1.29, 1.82) is 0 Å². The normalized spacial score (nSPS) is 17.0. The van der Waals surface area contributed by atoms with Crippen LogP contribution in [0.25, 0.3) is 0 Å². The number of nitrogens with zero attached hydrogens (tertiary/aromatic N) is 2. The Morgan fingerprint density at radius 1 is 1.16 bits per heavy atom. The molecule has 2 aromatic carbocycles. The Balaban J connectivity index is 1.80. The summed E-state index contributed by atoms with van der Waals surface area (Å²) in [7, 11) is 0. The highest BCUT2D eigenvalue weighted by molar-refractivity contribution is 9.11. The maximum absolute atomic E-state index is 13.2. The van der Waals surface area contributed by atoms with E-state index in [2.05, 4.69) is 31.5 Å². The van der Waals surface area contributed by atoms with E-state index in [0.29, 0.717) is 5.69 Å². The fourth-order valence-corrected chi connectivity index (χ4v) is 2.88. The van der Waals surface area contributed by atoms with Gasteiger partial charge < -0.3 is 10.1 Å². The standard InChI is InChI=1S/C19H17BrFN3O/c1-12-10-14(21)6-7-18(12)22-15-4-3-5-16(11-15)23-24-19-13(2)25-9-8-17(19)20/h3-11,13,22H,1-2H3. The summed E-state index contributed by atoms with van der Waals surface area (Å²) in [5.74, 6) is -0.248. The third-order valence-electron chi connectivity index (χ3n) is 3.71. The molecule has 1 aliphatic heterocycles. The molecule has 0 saturated carbocycles. The van der Waals surface area contributed by atoms with Gasteiger partial charge in [-0.25, -0.2) is 4.39 Å². The second-order valence-corrected chi connectivity index (χ2v) is 6.50. The van der Waals surface area contributed by atoms with Crippen molar-refractivity contribution < 1.29 is 9.13 Å². The van der Waals surface area contributed by atoms with Crippen LogP contribution >= 0.6 is 15.9 Å². The number of rotatable bonds is 4. The van der Waals surface area contributed by atoms with Crippen LogP contribution in [0.2, 0.25) is 0 Å². The van der Waals surface area contributed by atoms with Crippen LogP contribution in [0.4, 0.5) is 21.5 Å². The topological polar surface area (TPSA) is 46.0 Å². The van der Waals surface area contributed by atoms with Gasteiger partial charge in [0.1, 0.15) is 17.6 Å². The first-order chi connectivity index (χ1) is 12.0. The molecule has 0 saturated heterocycles. The van der Waals surface area contributed by atoms with Gasteiger partial charge in [0.25, 0.3) is 0 Å². The van der Waals surface area contributed by atoms with Gasteiger partial charge >= 0.3 is 0 Å². The third-order valence-corrected chi connectivity index (χ3v) is 4.38. The Bertz CT molecular complexity index is 877. The van der Waals surface area contributed by atoms with Crippen molar-refractivity contribution in [3.8, 4) is 0 Å². The SMILES string of the molecule is Cc1cc(F)ccc1Nc1cccc(N=NC2=C(Br)C=COC2C)c1. The highest BCUT2D eigenvalue weighted by Gasteiger charge is 2.15. The number of ether oxygens (including phenoxy) is 1. The Kier molecular flexibility index (Phi) is 5.28. The molecule has 2 aromatic rings. The number of halogens is 2. The molecule has 1 atom stereocenters. The number of azo groups is 1. The van der Waals surface area contributed by atoms with Gasteiger partial charge in [-0.05, 0) is 77.8 Å². The van der Waals surface area contributed by atoms with Crippen LogP contribution in [0.3, 0.4) is 0 Å². The van der Waals surface area contributed by atoms with Gasteiger partial charge in [0.05, 0.1) is 11.9 Å². The summed E-state index contributed by atoms with van der Waals surface area (Å²) in [6, 6.07) is 12.2. The molecule has 0 aromatic heterocycles. The van der Waals surface area contributed by atoms with E-state index in [1.807, 2.05) is 38.1 Å². The second-order valence-electron chi connectivity index (χ2n) is 5.65. The molecule has 1 N–H and O–H groups in total. The van der Waals surface area contributed by atoms with Crippen molar-refractivity contribution in [2.24, 2.45) is 10.2 Å². The number of allylic oxidation sites excluding steroid dienone is 2. The molecule has 6 heteroatoms. The first-order valence-corrected chi connectivity index (χ1v) is 8.59. The fraction of sp³-hybridized carbons (Fsp3) is 0.158. The van der Waals surface area contributed by atoms with Crippen molar-refractivity contribution in [1.82, 2.24) is 0 Å². The van der Waals surface area contributed by atoms with E-state index in [-0.39, 0.29) is 11.9 Å². The number of hydrogen-bond donors (Lipinski definition) is 1. The minimum absolute atomic E-state index is 0.161. The lowest BCUT2D eigenvalue weighted by atomic mass is 10.2. The molecule has 1 unspecified atom stereocenters. The van der Waals surface area contributed by atoms with Crippen molar-refractivity contribution in [3.63, 3.8) is 0 Å². The van der Waals surface area contributed by atoms with Gasteiger partial charge in [-0.1, -0.05) is 6.07 Å². The summed E-state index contributed by atoms with van der Waals surface area (Å²) in [5, 5.41) is 11.9. The summed E-state index contributed by atoms with van der Waals surface area (Å²) in [5.41, 5.74) is 3.98. The maximum atomic E-state index is 13.2. The monoisotopic (exact) mass is 401 g/mol. The molecule has 0 aliphatic carbocycles. The van der Waals surface area contributed by atoms with E-state index in [1.165, 1.54) is 12.1 Å². The fourth-order valence-electron chi connectivity index (χ4n) is 2.37. The zero-order chi connectivity index (χ0) is 17.8. The number of hydrogen-bond acceptors (Lipinski definition) is 4. The van der Waals surface area contributed by atoms with Crippen molar-refractivity contribution in [2.75, 3.05) is 5.32 Å². The Morgan fingerprint density at radius 3 is 2.76 bits per heavy atom. The third kappa shape index (κ3) is 4.33. The average Bonchev–Trinajstić information content (AvgIpc) is 2.57. The Morgan fingerprint density at radius 2 is 2.00 bits per heavy atom. The van der Waals surface area contributed by atoms with E-state index in [1.54, 1.807) is 18.4 Å². The quantitative estimate of drug-likeness (QED) is 0.594. The van der Waals surface area contributed by atoms with Gasteiger partial charge in [-0.2, -0.15) is 5.11 Å². The highest BCUT2D eigenvalue weighted by atomic mass is 79.9. The first kappa shape index (κ1) is 17.4. The molecule has 0 amide bonds. The summed E-state index contributed by atoms with van der Waals surface area (Å²) in [4.78, 5) is 0. The van der Waals surface area contributed by atoms with Gasteiger partial charge in [-0.3, -0.25) is 0 Å². The van der Waals surface area contributed by atoms with Crippen LogP contribution in [-0.2, 0) is 4.74 Å². The molecule has 0 spiro atoms. The van der Waals surface area contributed by atoms with Gasteiger partial charge in [0, 0.05) is 15.9 Å². The number of aryl methyl sites for hydroxylation is 1. The number of anilines is 2. The minimum Gasteiger partial charge on any atom is -0.492 e. The molecule has 1 heterocycles. The van der Waals surface area contributed by atoms with E-state index in [9.17, 15) is 4.39 Å². The van der Waals surface area contributed by atoms with Gasteiger partial charge in [0.2, 0.25) is 0 Å². The van der Waals surface area contributed by atoms with Crippen molar-refractivity contribution in [2.45, 2.75) is 20.0 Å². The lowest BCUT2D eigenvalue weighted by Crippen LogP contribution is -2.10. The average molecular weight is 402 g/mol. The smallest absolute Gasteiger partial charge is 0.140 e. The molecule has 0 bridgehead atoms. The summed E-state index contributed by atoms with van der Waals surface area (Å²) >= 11 is 3.46. The number of nitrogens with one attached hydrogen (secondary N) is 1. The molecule has 25 heavy (non-hydrogen) atoms. The first-order valence-electron chi connectivity index (χ1n) is 7.79. The van der Waals surface area contributed by atoms with Gasteiger partial charge in [-0.15, -0.1) is 5.11 Å². The van der Waals surface area contributed by atoms with E-state index in [0.717, 1.165) is 27.1 Å². The van der Waals surface area contributed by atoms with E-state index in [4.69, 9.17) is 4.74 Å². The Hall–Kier alpha value is -2.47. The molecule has 0 radical (unpaired) electrons. The van der Waals surface area contributed by atoms with Crippen LogP contribution in [0, 0.1) is 12.7 Å². The minimum atomic E-state index is -0.248. The van der Waals surface area contributed by atoms with Crippen LogP contribution in [0.15, 0.2) is 75.2 Å². The molecule has 128 valence electrons. The molecule has 4 nitrogen and oxygen atoms in total. The van der Waals surface area contributed by atoms with Crippen molar-refractivity contribution >= 4 is 33.0 Å². The van der Waals surface area contributed by atoms with Crippen LogP contribution in [0.1, 0.15) is 12.5 Å². The molecule has 1 aliphatic rings. The van der Waals surface area contributed by atoms with Gasteiger partial charge in [0.15, 0.2) is 0 Å². The predicted octanol–water partition coefficient (Wildman–Crippen LogP) is 6.50. The predicted molar refractivity (Wildman–Crippen MR) is 101 cm³/mol. The summed E-state index contributed by atoms with van der Waals surface area (Å²) < 4.78 is 19.5. The van der Waals surface area contributed by atoms with Crippen LogP contribution < -0.4 is 5.32 Å². The van der Waals surface area contributed by atoms with E-state index < -0.39 is 0 Å².